The third-order valence-corrected chi connectivity index (χ3v) is 6.74. The number of halogens is 1. The molecule has 0 aromatic rings. The normalized spacial score (nSPS) is 12.1. The van der Waals surface area contributed by atoms with Gasteiger partial charge in [0.15, 0.2) is 0 Å². The summed E-state index contributed by atoms with van der Waals surface area (Å²) >= 11 is 5.63. The average molecular weight is 518 g/mol. The van der Waals surface area contributed by atoms with E-state index in [1.807, 2.05) is 13.8 Å². The number of esters is 1. The number of carbonyl (C=O) groups is 2. The maximum Gasteiger partial charge on any atom is 0.410 e. The minimum Gasteiger partial charge on any atom is -0.464 e. The summed E-state index contributed by atoms with van der Waals surface area (Å²) < 4.78 is 10.7. The Morgan fingerprint density at radius 2 is 1.11 bits per heavy atom. The van der Waals surface area contributed by atoms with Crippen molar-refractivity contribution in [1.82, 2.24) is 4.90 Å². The minimum atomic E-state index is -0.612. The zero-order valence-corrected chi connectivity index (χ0v) is 24.2. The monoisotopic (exact) mass is 517 g/mol. The van der Waals surface area contributed by atoms with Gasteiger partial charge in [-0.15, -0.1) is 11.6 Å². The molecule has 6 heteroatoms. The van der Waals surface area contributed by atoms with Crippen molar-refractivity contribution >= 4 is 23.7 Å². The van der Waals surface area contributed by atoms with E-state index < -0.39 is 12.1 Å². The second-order valence-electron chi connectivity index (χ2n) is 10.4. The zero-order valence-electron chi connectivity index (χ0n) is 23.5. The number of nitrogens with zero attached hydrogens (tertiary/aromatic N) is 1. The van der Waals surface area contributed by atoms with Gasteiger partial charge in [0.2, 0.25) is 0 Å². The van der Waals surface area contributed by atoms with E-state index in [4.69, 9.17) is 21.1 Å². The predicted molar refractivity (Wildman–Crippen MR) is 148 cm³/mol. The van der Waals surface area contributed by atoms with Gasteiger partial charge in [0.1, 0.15) is 6.04 Å². The van der Waals surface area contributed by atoms with Crippen LogP contribution in [-0.4, -0.2) is 49.1 Å². The minimum absolute atomic E-state index is 0.259. The van der Waals surface area contributed by atoms with Crippen LogP contribution in [0.4, 0.5) is 4.79 Å². The lowest BCUT2D eigenvalue weighted by molar-refractivity contribution is -0.149. The molecule has 0 spiro atoms. The van der Waals surface area contributed by atoms with Gasteiger partial charge in [-0.3, -0.25) is 4.90 Å². The van der Waals surface area contributed by atoms with E-state index in [2.05, 4.69) is 6.92 Å². The number of unbranched alkanes of at least 4 members (excludes halogenated alkanes) is 15. The first-order valence-corrected chi connectivity index (χ1v) is 15.1. The molecule has 0 saturated heterocycles. The van der Waals surface area contributed by atoms with E-state index in [-0.39, 0.29) is 18.5 Å². The predicted octanol–water partition coefficient (Wildman–Crippen LogP) is 8.90. The molecule has 0 aliphatic heterocycles. The molecule has 0 aliphatic rings. The maximum atomic E-state index is 12.6. The van der Waals surface area contributed by atoms with Crippen molar-refractivity contribution < 1.29 is 19.1 Å². The van der Waals surface area contributed by atoms with Gasteiger partial charge < -0.3 is 9.47 Å². The molecule has 0 rings (SSSR count). The summed E-state index contributed by atoms with van der Waals surface area (Å²) in [7, 11) is 1.60. The van der Waals surface area contributed by atoms with Crippen LogP contribution >= 0.6 is 11.6 Å². The van der Waals surface area contributed by atoms with Crippen LogP contribution in [0.5, 0.6) is 0 Å². The Morgan fingerprint density at radius 3 is 1.54 bits per heavy atom. The summed E-state index contributed by atoms with van der Waals surface area (Å²) in [6.45, 7) is 7.01. The highest BCUT2D eigenvalue weighted by molar-refractivity contribution is 6.17. The topological polar surface area (TPSA) is 55.8 Å². The second kappa shape index (κ2) is 24.7. The quantitative estimate of drug-likeness (QED) is 0.0728. The first kappa shape index (κ1) is 34.0. The zero-order chi connectivity index (χ0) is 26.2. The fourth-order valence-electron chi connectivity index (χ4n) is 4.22. The molecule has 0 radical (unpaired) electrons. The van der Waals surface area contributed by atoms with Gasteiger partial charge in [-0.2, -0.15) is 0 Å². The number of rotatable bonds is 24. The molecule has 0 saturated carbocycles. The molecule has 5 nitrogen and oxygen atoms in total. The number of amides is 1. The summed E-state index contributed by atoms with van der Waals surface area (Å²) in [5.74, 6) is 0.367. The number of carbonyl (C=O) groups excluding carboxylic acids is 2. The summed E-state index contributed by atoms with van der Waals surface area (Å²) in [4.78, 5) is 26.2. The van der Waals surface area contributed by atoms with Crippen molar-refractivity contribution in [3.05, 3.63) is 0 Å². The van der Waals surface area contributed by atoms with Crippen LogP contribution in [-0.2, 0) is 14.3 Å². The van der Waals surface area contributed by atoms with E-state index in [0.29, 0.717) is 25.3 Å². The van der Waals surface area contributed by atoms with Crippen LogP contribution in [0.1, 0.15) is 136 Å². The fourth-order valence-corrected chi connectivity index (χ4v) is 4.33. The largest absolute Gasteiger partial charge is 0.464 e. The Kier molecular flexibility index (Phi) is 24.0. The first-order chi connectivity index (χ1) is 16.9. The molecule has 35 heavy (non-hydrogen) atoms. The Bertz CT molecular complexity index is 501. The lowest BCUT2D eigenvalue weighted by Gasteiger charge is -2.27. The Hall–Kier alpha value is -0.970. The van der Waals surface area contributed by atoms with Crippen LogP contribution in [0, 0.1) is 5.92 Å². The number of alkyl halides is 1. The fraction of sp³-hybridized carbons (Fsp3) is 0.931. The highest BCUT2D eigenvalue weighted by Crippen LogP contribution is 2.15. The van der Waals surface area contributed by atoms with Crippen molar-refractivity contribution in [2.75, 3.05) is 26.1 Å². The molecule has 0 aromatic carbocycles. The van der Waals surface area contributed by atoms with Gasteiger partial charge in [0.05, 0.1) is 13.2 Å². The number of likely N-dealkylation sites (N-methyl/N-ethyl adjacent to an activating group) is 1. The van der Waals surface area contributed by atoms with E-state index >= 15 is 0 Å². The Labute approximate surface area is 222 Å². The number of ether oxygens (including phenoxy) is 2. The van der Waals surface area contributed by atoms with Crippen molar-refractivity contribution in [2.24, 2.45) is 5.92 Å². The van der Waals surface area contributed by atoms with Gasteiger partial charge >= 0.3 is 12.1 Å². The average Bonchev–Trinajstić information content (AvgIpc) is 2.83. The number of hydrogen-bond donors (Lipinski definition) is 0. The van der Waals surface area contributed by atoms with Crippen LogP contribution in [0.3, 0.4) is 0 Å². The van der Waals surface area contributed by atoms with Crippen molar-refractivity contribution in [3.63, 3.8) is 0 Å². The molecule has 0 unspecified atom stereocenters. The van der Waals surface area contributed by atoms with Crippen LogP contribution < -0.4 is 0 Å². The van der Waals surface area contributed by atoms with E-state index in [0.717, 1.165) is 12.8 Å². The van der Waals surface area contributed by atoms with E-state index in [1.165, 1.54) is 94.8 Å². The third-order valence-electron chi connectivity index (χ3n) is 6.47. The van der Waals surface area contributed by atoms with Gasteiger partial charge in [0, 0.05) is 12.9 Å². The lowest BCUT2D eigenvalue weighted by Crippen LogP contribution is -2.44. The highest BCUT2D eigenvalue weighted by Gasteiger charge is 2.29. The smallest absolute Gasteiger partial charge is 0.410 e. The molecule has 0 aliphatic carbocycles. The van der Waals surface area contributed by atoms with E-state index in [9.17, 15) is 9.59 Å². The molecular weight excluding hydrogens is 462 g/mol. The van der Waals surface area contributed by atoms with Gasteiger partial charge in [0.25, 0.3) is 0 Å². The third kappa shape index (κ3) is 20.9. The van der Waals surface area contributed by atoms with Crippen LogP contribution in [0.2, 0.25) is 0 Å². The van der Waals surface area contributed by atoms with Crippen molar-refractivity contribution in [3.8, 4) is 0 Å². The standard InChI is InChI=1S/C29H56ClNO4/c1-5-6-7-8-9-10-11-12-13-14-15-16-17-18-19-20-23-34-28(32)27(25-26(2)3)31(4)29(33)35-24-21-22-30/h26-27H,5-25H2,1-4H3/t27-/m0/s1. The van der Waals surface area contributed by atoms with E-state index in [1.54, 1.807) is 7.05 Å². The van der Waals surface area contributed by atoms with Crippen LogP contribution in [0.15, 0.2) is 0 Å². The first-order valence-electron chi connectivity index (χ1n) is 14.6. The van der Waals surface area contributed by atoms with Crippen molar-refractivity contribution in [1.29, 1.82) is 0 Å². The summed E-state index contributed by atoms with van der Waals surface area (Å²) in [5, 5.41) is 0. The Morgan fingerprint density at radius 1 is 0.686 bits per heavy atom. The van der Waals surface area contributed by atoms with Gasteiger partial charge in [-0.1, -0.05) is 117 Å². The molecule has 1 atom stereocenters. The number of hydrogen-bond acceptors (Lipinski definition) is 4. The second-order valence-corrected chi connectivity index (χ2v) is 10.8. The molecule has 0 fully saturated rings. The highest BCUT2D eigenvalue weighted by atomic mass is 35.5. The maximum absolute atomic E-state index is 12.6. The summed E-state index contributed by atoms with van der Waals surface area (Å²) in [5.41, 5.74) is 0. The van der Waals surface area contributed by atoms with Crippen LogP contribution in [0.25, 0.3) is 0 Å². The van der Waals surface area contributed by atoms with Crippen molar-refractivity contribution in [2.45, 2.75) is 142 Å². The molecule has 0 aromatic heterocycles. The molecule has 1 amide bonds. The molecular formula is C29H56ClNO4. The summed E-state index contributed by atoms with van der Waals surface area (Å²) in [6, 6.07) is -0.612. The summed E-state index contributed by atoms with van der Waals surface area (Å²) in [6.07, 6.45) is 21.7. The van der Waals surface area contributed by atoms with Gasteiger partial charge in [-0.05, 0) is 25.2 Å². The molecule has 208 valence electrons. The molecule has 0 bridgehead atoms. The van der Waals surface area contributed by atoms with Gasteiger partial charge in [-0.25, -0.2) is 9.59 Å². The lowest BCUT2D eigenvalue weighted by atomic mass is 10.0. The molecule has 0 N–H and O–H groups in total. The Balaban J connectivity index is 3.78. The molecule has 0 heterocycles. The SMILES string of the molecule is CCCCCCCCCCCCCCCCCCOC(=O)[C@H](CC(C)C)N(C)C(=O)OCCCCl.